The molecule has 2 fully saturated rings. The highest BCUT2D eigenvalue weighted by atomic mass is 16.2. The predicted molar refractivity (Wildman–Crippen MR) is 65.0 cm³/mol. The first-order valence-electron chi connectivity index (χ1n) is 6.64. The number of nitrogens with two attached hydrogens (primary N) is 1. The van der Waals surface area contributed by atoms with E-state index in [1.165, 1.54) is 0 Å². The summed E-state index contributed by atoms with van der Waals surface area (Å²) in [6, 6.07) is 0.425. The summed E-state index contributed by atoms with van der Waals surface area (Å²) in [7, 11) is 0. The molecule has 1 heterocycles. The summed E-state index contributed by atoms with van der Waals surface area (Å²) in [6.07, 6.45) is 6.29. The molecule has 0 aromatic rings. The van der Waals surface area contributed by atoms with Crippen LogP contribution >= 0.6 is 0 Å². The zero-order valence-electron chi connectivity index (χ0n) is 10.5. The Labute approximate surface area is 98.4 Å². The van der Waals surface area contributed by atoms with Gasteiger partial charge in [0.1, 0.15) is 0 Å². The van der Waals surface area contributed by atoms with Crippen LogP contribution in [0, 0.1) is 5.92 Å². The minimum atomic E-state index is -0.530. The zero-order chi connectivity index (χ0) is 11.8. The molecule has 1 unspecified atom stereocenters. The summed E-state index contributed by atoms with van der Waals surface area (Å²) >= 11 is 0. The molecule has 1 atom stereocenters. The fraction of sp³-hybridized carbons (Fsp3) is 0.923. The zero-order valence-corrected chi connectivity index (χ0v) is 10.5. The van der Waals surface area contributed by atoms with E-state index in [1.807, 2.05) is 0 Å². The van der Waals surface area contributed by atoms with Crippen molar-refractivity contribution in [3.05, 3.63) is 0 Å². The Hall–Kier alpha value is -0.570. The van der Waals surface area contributed by atoms with Crippen LogP contribution in [-0.2, 0) is 4.79 Å². The Balaban J connectivity index is 2.09. The van der Waals surface area contributed by atoms with Gasteiger partial charge < -0.3 is 10.6 Å². The van der Waals surface area contributed by atoms with Crippen LogP contribution in [0.15, 0.2) is 0 Å². The van der Waals surface area contributed by atoms with E-state index in [0.29, 0.717) is 12.0 Å². The van der Waals surface area contributed by atoms with E-state index in [1.54, 1.807) is 0 Å². The highest BCUT2D eigenvalue weighted by Crippen LogP contribution is 2.33. The molecular weight excluding hydrogens is 200 g/mol. The van der Waals surface area contributed by atoms with Gasteiger partial charge in [-0.2, -0.15) is 0 Å². The molecule has 1 aliphatic carbocycles. The molecule has 2 aliphatic rings. The monoisotopic (exact) mass is 224 g/mol. The van der Waals surface area contributed by atoms with E-state index in [-0.39, 0.29) is 5.91 Å². The van der Waals surface area contributed by atoms with Gasteiger partial charge in [0.2, 0.25) is 5.91 Å². The number of carbonyl (C=O) groups excluding carboxylic acids is 1. The highest BCUT2D eigenvalue weighted by molar-refractivity contribution is 5.87. The van der Waals surface area contributed by atoms with E-state index >= 15 is 0 Å². The molecule has 0 radical (unpaired) electrons. The second-order valence-electron chi connectivity index (χ2n) is 5.82. The first-order valence-corrected chi connectivity index (χ1v) is 6.64. The van der Waals surface area contributed by atoms with Gasteiger partial charge in [0.25, 0.3) is 0 Å². The molecule has 92 valence electrons. The summed E-state index contributed by atoms with van der Waals surface area (Å²) in [5, 5.41) is 0. The molecular formula is C13H24N2O. The smallest absolute Gasteiger partial charge is 0.242 e. The normalized spacial score (nSPS) is 29.0. The third-order valence-corrected chi connectivity index (χ3v) is 4.25. The third-order valence-electron chi connectivity index (χ3n) is 4.25. The van der Waals surface area contributed by atoms with Crippen LogP contribution in [0.25, 0.3) is 0 Å². The molecule has 0 aromatic heterocycles. The topological polar surface area (TPSA) is 46.3 Å². The second-order valence-corrected chi connectivity index (χ2v) is 5.82. The Morgan fingerprint density at radius 2 is 1.94 bits per heavy atom. The van der Waals surface area contributed by atoms with Crippen molar-refractivity contribution in [2.45, 2.75) is 64.0 Å². The fourth-order valence-electron chi connectivity index (χ4n) is 3.24. The maximum Gasteiger partial charge on any atom is 0.242 e. The lowest BCUT2D eigenvalue weighted by Gasteiger charge is -2.34. The van der Waals surface area contributed by atoms with Crippen LogP contribution in [0.4, 0.5) is 0 Å². The van der Waals surface area contributed by atoms with Gasteiger partial charge >= 0.3 is 0 Å². The molecule has 0 aromatic carbocycles. The van der Waals surface area contributed by atoms with Gasteiger partial charge in [-0.25, -0.2) is 0 Å². The first-order chi connectivity index (χ1) is 7.54. The molecule has 0 spiro atoms. The van der Waals surface area contributed by atoms with Gasteiger partial charge in [0, 0.05) is 12.6 Å². The van der Waals surface area contributed by atoms with E-state index in [9.17, 15) is 4.79 Å². The van der Waals surface area contributed by atoms with Crippen molar-refractivity contribution in [2.24, 2.45) is 11.7 Å². The second kappa shape index (κ2) is 4.36. The van der Waals surface area contributed by atoms with Gasteiger partial charge in [-0.15, -0.1) is 0 Å². The average Bonchev–Trinajstić information content (AvgIpc) is 2.85. The number of hydrogen-bond acceptors (Lipinski definition) is 2. The number of likely N-dealkylation sites (tertiary alicyclic amines) is 1. The van der Waals surface area contributed by atoms with Crippen LogP contribution in [-0.4, -0.2) is 28.9 Å². The molecule has 3 nitrogen and oxygen atoms in total. The van der Waals surface area contributed by atoms with Crippen molar-refractivity contribution < 1.29 is 4.79 Å². The van der Waals surface area contributed by atoms with Crippen molar-refractivity contribution in [2.75, 3.05) is 6.54 Å². The lowest BCUT2D eigenvalue weighted by Crippen LogP contribution is -2.55. The Morgan fingerprint density at radius 1 is 1.31 bits per heavy atom. The van der Waals surface area contributed by atoms with E-state index in [4.69, 9.17) is 5.73 Å². The standard InChI is InChI=1S/C13H24N2O/c1-10(2)11-6-5-9-15(11)12(16)13(14)7-3-4-8-13/h10-11H,3-9,14H2,1-2H3. The molecule has 16 heavy (non-hydrogen) atoms. The molecule has 1 amide bonds. The lowest BCUT2D eigenvalue weighted by molar-refractivity contribution is -0.138. The van der Waals surface area contributed by atoms with Gasteiger partial charge in [-0.3, -0.25) is 4.79 Å². The summed E-state index contributed by atoms with van der Waals surface area (Å²) in [5.41, 5.74) is 5.72. The van der Waals surface area contributed by atoms with Gasteiger partial charge in [-0.1, -0.05) is 26.7 Å². The Kier molecular flexibility index (Phi) is 3.24. The average molecular weight is 224 g/mol. The molecule has 3 heteroatoms. The maximum atomic E-state index is 12.5. The fourth-order valence-corrected chi connectivity index (χ4v) is 3.24. The summed E-state index contributed by atoms with van der Waals surface area (Å²) in [4.78, 5) is 14.6. The molecule has 1 saturated heterocycles. The number of amides is 1. The van der Waals surface area contributed by atoms with Crippen molar-refractivity contribution in [1.29, 1.82) is 0 Å². The summed E-state index contributed by atoms with van der Waals surface area (Å²) < 4.78 is 0. The molecule has 0 bridgehead atoms. The number of hydrogen-bond donors (Lipinski definition) is 1. The Morgan fingerprint density at radius 3 is 2.50 bits per heavy atom. The number of carbonyl (C=O) groups is 1. The summed E-state index contributed by atoms with van der Waals surface area (Å²) in [5.74, 6) is 0.776. The van der Waals surface area contributed by atoms with Crippen molar-refractivity contribution in [3.63, 3.8) is 0 Å². The quantitative estimate of drug-likeness (QED) is 0.778. The van der Waals surface area contributed by atoms with Crippen LogP contribution in [0.2, 0.25) is 0 Å². The largest absolute Gasteiger partial charge is 0.338 e. The minimum Gasteiger partial charge on any atom is -0.338 e. The molecule has 1 saturated carbocycles. The lowest BCUT2D eigenvalue weighted by atomic mass is 9.95. The number of rotatable bonds is 2. The van der Waals surface area contributed by atoms with Crippen molar-refractivity contribution in [1.82, 2.24) is 4.90 Å². The van der Waals surface area contributed by atoms with Crippen LogP contribution in [0.1, 0.15) is 52.4 Å². The Bertz CT molecular complexity index is 269. The van der Waals surface area contributed by atoms with E-state index in [0.717, 1.165) is 45.1 Å². The van der Waals surface area contributed by atoms with Gasteiger partial charge in [0.15, 0.2) is 0 Å². The van der Waals surface area contributed by atoms with Crippen LogP contribution in [0.5, 0.6) is 0 Å². The maximum absolute atomic E-state index is 12.5. The molecule has 2 N–H and O–H groups in total. The van der Waals surface area contributed by atoms with E-state index < -0.39 is 5.54 Å². The number of nitrogens with zero attached hydrogens (tertiary/aromatic N) is 1. The molecule has 2 rings (SSSR count). The van der Waals surface area contributed by atoms with E-state index in [2.05, 4.69) is 18.7 Å². The molecule has 1 aliphatic heterocycles. The van der Waals surface area contributed by atoms with Crippen molar-refractivity contribution >= 4 is 5.91 Å². The van der Waals surface area contributed by atoms with Crippen molar-refractivity contribution in [3.8, 4) is 0 Å². The predicted octanol–water partition coefficient (Wildman–Crippen LogP) is 1.90. The first kappa shape index (κ1) is 11.9. The SMILES string of the molecule is CC(C)C1CCCN1C(=O)C1(N)CCCC1. The van der Waals surface area contributed by atoms with Crippen LogP contribution in [0.3, 0.4) is 0 Å². The third kappa shape index (κ3) is 1.97. The highest BCUT2D eigenvalue weighted by Gasteiger charge is 2.43. The summed E-state index contributed by atoms with van der Waals surface area (Å²) in [6.45, 7) is 5.32. The minimum absolute atomic E-state index is 0.223. The van der Waals surface area contributed by atoms with Gasteiger partial charge in [-0.05, 0) is 31.6 Å². The van der Waals surface area contributed by atoms with Gasteiger partial charge in [0.05, 0.1) is 5.54 Å². The van der Waals surface area contributed by atoms with Crippen LogP contribution < -0.4 is 5.73 Å².